The van der Waals surface area contributed by atoms with Gasteiger partial charge in [0.15, 0.2) is 0 Å². The fraction of sp³-hybridized carbons (Fsp3) is 0.294. The molecule has 0 radical (unpaired) electrons. The first-order chi connectivity index (χ1) is 15.0. The fourth-order valence-corrected chi connectivity index (χ4v) is 4.47. The number of nitro benzene ring substituents is 2. The Hall–Kier alpha value is -4.01. The average molecular weight is 466 g/mol. The average Bonchev–Trinajstić information content (AvgIpc) is 2.74. The molecule has 1 aromatic rings. The molecule has 0 aromatic heterocycles. The number of hydrogen-bond donors (Lipinski definition) is 2. The van der Waals surface area contributed by atoms with Gasteiger partial charge in [0.25, 0.3) is 23.2 Å². The molecule has 0 aliphatic carbocycles. The van der Waals surface area contributed by atoms with Crippen molar-refractivity contribution in [2.24, 2.45) is 0 Å². The zero-order valence-electron chi connectivity index (χ0n) is 16.2. The normalized spacial score (nSPS) is 19.5. The van der Waals surface area contributed by atoms with E-state index in [0.29, 0.717) is 6.07 Å². The lowest BCUT2D eigenvalue weighted by Crippen LogP contribution is -2.70. The lowest BCUT2D eigenvalue weighted by atomic mass is 10.0. The Morgan fingerprint density at radius 3 is 2.31 bits per heavy atom. The zero-order valence-corrected chi connectivity index (χ0v) is 17.0. The Kier molecular flexibility index (Phi) is 6.11. The quantitative estimate of drug-likeness (QED) is 0.244. The summed E-state index contributed by atoms with van der Waals surface area (Å²) in [4.78, 5) is 69.0. The first-order valence-corrected chi connectivity index (χ1v) is 9.84. The van der Waals surface area contributed by atoms with Gasteiger partial charge in [-0.2, -0.15) is 0 Å². The largest absolute Gasteiger partial charge is 0.477 e. The summed E-state index contributed by atoms with van der Waals surface area (Å²) < 4.78 is 4.82. The molecule has 1 saturated heterocycles. The second kappa shape index (κ2) is 8.62. The summed E-state index contributed by atoms with van der Waals surface area (Å²) in [5.41, 5.74) is -1.89. The second-order valence-electron chi connectivity index (χ2n) is 6.65. The van der Waals surface area contributed by atoms with Crippen LogP contribution in [-0.2, 0) is 19.1 Å². The van der Waals surface area contributed by atoms with E-state index in [-0.39, 0.29) is 23.6 Å². The van der Waals surface area contributed by atoms with Crippen LogP contribution in [0.1, 0.15) is 17.3 Å². The summed E-state index contributed by atoms with van der Waals surface area (Å²) in [5, 5.41) is 33.1. The number of carboxylic acids is 1. The molecule has 3 rings (SSSR count). The number of aliphatic carboxylic acids is 1. The minimum atomic E-state index is -1.41. The summed E-state index contributed by atoms with van der Waals surface area (Å²) in [6, 6.07) is 1.20. The molecular weight excluding hydrogens is 452 g/mol. The third-order valence-corrected chi connectivity index (χ3v) is 5.91. The van der Waals surface area contributed by atoms with Crippen LogP contribution in [0.5, 0.6) is 0 Å². The van der Waals surface area contributed by atoms with Crippen LogP contribution < -0.4 is 5.32 Å². The van der Waals surface area contributed by atoms with E-state index in [0.717, 1.165) is 35.7 Å². The molecule has 2 atom stereocenters. The molecule has 15 heteroatoms. The molecule has 1 aromatic carbocycles. The molecule has 2 amide bonds. The van der Waals surface area contributed by atoms with Crippen molar-refractivity contribution < 1.29 is 38.9 Å². The molecule has 0 bridgehead atoms. The summed E-state index contributed by atoms with van der Waals surface area (Å²) >= 11 is 1.12. The van der Waals surface area contributed by atoms with Gasteiger partial charge in [0, 0.05) is 30.4 Å². The molecule has 2 N–H and O–H groups in total. The maximum absolute atomic E-state index is 12.6. The first-order valence-electron chi connectivity index (χ1n) is 8.79. The minimum Gasteiger partial charge on any atom is -0.477 e. The summed E-state index contributed by atoms with van der Waals surface area (Å²) in [7, 11) is 0. The van der Waals surface area contributed by atoms with Gasteiger partial charge in [0.2, 0.25) is 0 Å². The van der Waals surface area contributed by atoms with Crippen molar-refractivity contribution in [2.45, 2.75) is 18.3 Å². The van der Waals surface area contributed by atoms with Crippen molar-refractivity contribution in [3.63, 3.8) is 0 Å². The van der Waals surface area contributed by atoms with Gasteiger partial charge >= 0.3 is 11.9 Å². The van der Waals surface area contributed by atoms with Gasteiger partial charge in [-0.15, -0.1) is 11.8 Å². The Labute approximate surface area is 182 Å². The minimum absolute atomic E-state index is 0.109. The van der Waals surface area contributed by atoms with E-state index in [9.17, 15) is 44.5 Å². The number of carbonyl (C=O) groups excluding carboxylic acids is 3. The van der Waals surface area contributed by atoms with Gasteiger partial charge in [-0.1, -0.05) is 0 Å². The molecule has 2 unspecified atom stereocenters. The van der Waals surface area contributed by atoms with Gasteiger partial charge < -0.3 is 15.2 Å². The number of hydrogen-bond acceptors (Lipinski definition) is 10. The van der Waals surface area contributed by atoms with E-state index in [2.05, 4.69) is 5.32 Å². The van der Waals surface area contributed by atoms with Crippen LogP contribution in [0.15, 0.2) is 29.5 Å². The number of fused-ring (bicyclic) bond motifs is 1. The molecule has 168 valence electrons. The molecule has 0 spiro atoms. The predicted molar refractivity (Wildman–Crippen MR) is 105 cm³/mol. The van der Waals surface area contributed by atoms with Crippen molar-refractivity contribution in [3.8, 4) is 0 Å². The van der Waals surface area contributed by atoms with Crippen molar-refractivity contribution in [3.05, 3.63) is 55.3 Å². The summed E-state index contributed by atoms with van der Waals surface area (Å²) in [5.74, 6) is -3.65. The highest BCUT2D eigenvalue weighted by molar-refractivity contribution is 8.00. The summed E-state index contributed by atoms with van der Waals surface area (Å²) in [6.45, 7) is 0.841. The van der Waals surface area contributed by atoms with Crippen LogP contribution in [-0.4, -0.2) is 67.4 Å². The number of nitrogens with one attached hydrogen (secondary N) is 1. The van der Waals surface area contributed by atoms with Crippen molar-refractivity contribution in [1.82, 2.24) is 10.2 Å². The Morgan fingerprint density at radius 1 is 1.22 bits per heavy atom. The zero-order chi connectivity index (χ0) is 23.7. The number of carboxylic acid groups (broad SMARTS) is 1. The molecule has 2 heterocycles. The number of esters is 1. The van der Waals surface area contributed by atoms with Gasteiger partial charge in [0.1, 0.15) is 23.7 Å². The maximum atomic E-state index is 12.6. The molecule has 1 fully saturated rings. The number of amides is 2. The van der Waals surface area contributed by atoms with Crippen LogP contribution in [0.4, 0.5) is 11.4 Å². The second-order valence-corrected chi connectivity index (χ2v) is 7.76. The number of nitrogens with zero attached hydrogens (tertiary/aromatic N) is 3. The number of β-lactam (4-membered cyclic amide) rings is 1. The molecular formula is C17H14N4O10S. The maximum Gasteiger partial charge on any atom is 0.352 e. The van der Waals surface area contributed by atoms with Crippen LogP contribution >= 0.6 is 11.8 Å². The molecule has 0 saturated carbocycles. The third-order valence-electron chi connectivity index (χ3n) is 4.57. The fourth-order valence-electron chi connectivity index (χ4n) is 3.14. The highest BCUT2D eigenvalue weighted by atomic mass is 32.2. The van der Waals surface area contributed by atoms with E-state index in [4.69, 9.17) is 4.74 Å². The lowest BCUT2D eigenvalue weighted by molar-refractivity contribution is -0.394. The van der Waals surface area contributed by atoms with Crippen molar-refractivity contribution in [2.75, 3.05) is 12.4 Å². The number of non-ortho nitro benzene ring substituents is 2. The van der Waals surface area contributed by atoms with Crippen LogP contribution in [0.2, 0.25) is 0 Å². The van der Waals surface area contributed by atoms with Crippen molar-refractivity contribution >= 4 is 46.9 Å². The van der Waals surface area contributed by atoms with Gasteiger partial charge in [-0.05, 0) is 0 Å². The number of ether oxygens (including phenoxy) is 1. The van der Waals surface area contributed by atoms with Crippen LogP contribution in [0, 0.1) is 20.2 Å². The molecule has 32 heavy (non-hydrogen) atoms. The first kappa shape index (κ1) is 22.7. The van der Waals surface area contributed by atoms with Gasteiger partial charge in [0.05, 0.1) is 21.5 Å². The van der Waals surface area contributed by atoms with E-state index in [1.54, 1.807) is 0 Å². The number of thioether (sulfide) groups is 1. The van der Waals surface area contributed by atoms with E-state index < -0.39 is 62.0 Å². The topological polar surface area (TPSA) is 199 Å². The van der Waals surface area contributed by atoms with E-state index in [1.165, 1.54) is 0 Å². The van der Waals surface area contributed by atoms with Crippen LogP contribution in [0.25, 0.3) is 0 Å². The Bertz CT molecular complexity index is 1070. The highest BCUT2D eigenvalue weighted by Gasteiger charge is 2.54. The lowest BCUT2D eigenvalue weighted by Gasteiger charge is -2.49. The number of carbonyl (C=O) groups is 4. The molecule has 2 aliphatic rings. The third kappa shape index (κ3) is 4.22. The standard InChI is InChI=1S/C17H14N4O10S/c1-7(22)31-5-9-6-32-16-12(15(24)19(16)13(9)17(25)26)18-14(23)8-2-10(20(27)28)4-11(3-8)21(29)30/h2-4,12,16H,5-6H2,1H3,(H,18,23)(H,25,26). The molecule has 2 aliphatic heterocycles. The van der Waals surface area contributed by atoms with Crippen molar-refractivity contribution in [1.29, 1.82) is 0 Å². The monoisotopic (exact) mass is 466 g/mol. The van der Waals surface area contributed by atoms with Gasteiger partial charge in [-0.3, -0.25) is 39.5 Å². The summed E-state index contributed by atoms with van der Waals surface area (Å²) in [6.07, 6.45) is 0. The molecule has 14 nitrogen and oxygen atoms in total. The van der Waals surface area contributed by atoms with Gasteiger partial charge in [-0.25, -0.2) is 4.79 Å². The Morgan fingerprint density at radius 2 is 1.81 bits per heavy atom. The SMILES string of the molecule is CC(=O)OCC1=C(C(=O)O)N2C(=O)C(NC(=O)c3cc([N+](=O)[O-])cc([N+](=O)[O-])c3)C2SC1. The highest BCUT2D eigenvalue weighted by Crippen LogP contribution is 2.40. The van der Waals surface area contributed by atoms with E-state index >= 15 is 0 Å². The predicted octanol–water partition coefficient (Wildman–Crippen LogP) is 0.418. The smallest absolute Gasteiger partial charge is 0.352 e. The Balaban J connectivity index is 1.82. The number of rotatable bonds is 7. The van der Waals surface area contributed by atoms with E-state index in [1.807, 2.05) is 0 Å². The van der Waals surface area contributed by atoms with Crippen LogP contribution in [0.3, 0.4) is 0 Å². The number of nitro groups is 2. The number of benzene rings is 1.